The number of ether oxygens (including phenoxy) is 2. The van der Waals surface area contributed by atoms with Crippen molar-refractivity contribution in [2.24, 2.45) is 0 Å². The van der Waals surface area contributed by atoms with Gasteiger partial charge in [0.25, 0.3) is 5.91 Å². The Hall–Kier alpha value is -3.78. The first kappa shape index (κ1) is 24.9. The molecule has 0 radical (unpaired) electrons. The molecule has 34 heavy (non-hydrogen) atoms. The summed E-state index contributed by atoms with van der Waals surface area (Å²) in [7, 11) is 0. The van der Waals surface area contributed by atoms with Crippen LogP contribution in [-0.2, 0) is 11.4 Å². The van der Waals surface area contributed by atoms with Gasteiger partial charge < -0.3 is 14.8 Å². The van der Waals surface area contributed by atoms with Gasteiger partial charge in [0, 0.05) is 17.3 Å². The molecule has 0 fully saturated rings. The molecule has 3 aromatic rings. The van der Waals surface area contributed by atoms with Gasteiger partial charge in [0.05, 0.1) is 27.7 Å². The minimum Gasteiger partial charge on any atom is -0.494 e. The van der Waals surface area contributed by atoms with E-state index in [9.17, 15) is 15.3 Å². The summed E-state index contributed by atoms with van der Waals surface area (Å²) >= 11 is 9.84. The van der Waals surface area contributed by atoms with Gasteiger partial charge in [0.2, 0.25) is 0 Å². The van der Waals surface area contributed by atoms with Gasteiger partial charge in [-0.1, -0.05) is 35.9 Å². The second-order valence-electron chi connectivity index (χ2n) is 6.96. The van der Waals surface area contributed by atoms with E-state index >= 15 is 0 Å². The third-order valence-electron chi connectivity index (χ3n) is 4.61. The summed E-state index contributed by atoms with van der Waals surface area (Å²) in [6.45, 7) is 2.53. The van der Waals surface area contributed by atoms with Crippen LogP contribution in [0.1, 0.15) is 23.6 Å². The lowest BCUT2D eigenvalue weighted by Gasteiger charge is -2.12. The minimum absolute atomic E-state index is 0.0959. The molecule has 0 aromatic heterocycles. The van der Waals surface area contributed by atoms with Gasteiger partial charge >= 0.3 is 0 Å². The van der Waals surface area contributed by atoms with Crippen molar-refractivity contribution in [2.75, 3.05) is 11.9 Å². The second kappa shape index (κ2) is 11.9. The summed E-state index contributed by atoms with van der Waals surface area (Å²) in [4.78, 5) is 12.6. The van der Waals surface area contributed by atoms with Crippen molar-refractivity contribution < 1.29 is 14.3 Å². The second-order valence-corrected chi connectivity index (χ2v) is 8.22. The van der Waals surface area contributed by atoms with Gasteiger partial charge in [-0.2, -0.15) is 10.5 Å². The van der Waals surface area contributed by atoms with Crippen LogP contribution >= 0.6 is 27.5 Å². The molecular formula is C26H19BrClN3O3. The zero-order valence-corrected chi connectivity index (χ0v) is 20.5. The monoisotopic (exact) mass is 535 g/mol. The number of nitrogens with zero attached hydrogens (tertiary/aromatic N) is 2. The number of carbonyl (C=O) groups excluding carboxylic acids is 1. The summed E-state index contributed by atoms with van der Waals surface area (Å²) in [6.07, 6.45) is 1.44. The molecular weight excluding hydrogens is 518 g/mol. The van der Waals surface area contributed by atoms with E-state index in [1.165, 1.54) is 6.08 Å². The van der Waals surface area contributed by atoms with Crippen molar-refractivity contribution in [2.45, 2.75) is 13.5 Å². The predicted molar refractivity (Wildman–Crippen MR) is 134 cm³/mol. The molecule has 0 saturated carbocycles. The summed E-state index contributed by atoms with van der Waals surface area (Å²) in [6, 6.07) is 21.4. The molecule has 0 atom stereocenters. The Bertz CT molecular complexity index is 1300. The van der Waals surface area contributed by atoms with Crippen molar-refractivity contribution in [3.8, 4) is 23.6 Å². The van der Waals surface area contributed by atoms with Crippen LogP contribution in [-0.4, -0.2) is 12.5 Å². The fraction of sp³-hybridized carbons (Fsp3) is 0.115. The number of anilines is 1. The van der Waals surface area contributed by atoms with E-state index in [2.05, 4.69) is 27.3 Å². The Kier molecular flexibility index (Phi) is 8.70. The summed E-state index contributed by atoms with van der Waals surface area (Å²) in [5.74, 6) is 0.450. The molecule has 1 amide bonds. The van der Waals surface area contributed by atoms with Crippen molar-refractivity contribution in [1.29, 1.82) is 10.5 Å². The van der Waals surface area contributed by atoms with E-state index in [0.717, 1.165) is 5.56 Å². The van der Waals surface area contributed by atoms with Crippen LogP contribution < -0.4 is 14.8 Å². The lowest BCUT2D eigenvalue weighted by atomic mass is 10.1. The summed E-state index contributed by atoms with van der Waals surface area (Å²) < 4.78 is 11.8. The van der Waals surface area contributed by atoms with Crippen molar-refractivity contribution in [3.63, 3.8) is 0 Å². The van der Waals surface area contributed by atoms with E-state index in [0.29, 0.717) is 39.4 Å². The van der Waals surface area contributed by atoms with Gasteiger partial charge in [-0.3, -0.25) is 4.79 Å². The van der Waals surface area contributed by atoms with Crippen LogP contribution in [0.25, 0.3) is 6.08 Å². The van der Waals surface area contributed by atoms with Gasteiger partial charge in [-0.05, 0) is 64.8 Å². The largest absolute Gasteiger partial charge is 0.494 e. The van der Waals surface area contributed by atoms with Crippen molar-refractivity contribution in [1.82, 2.24) is 0 Å². The first-order valence-electron chi connectivity index (χ1n) is 10.2. The lowest BCUT2D eigenvalue weighted by Crippen LogP contribution is -2.13. The number of amides is 1. The Morgan fingerprint density at radius 1 is 1.12 bits per heavy atom. The standard InChI is InChI=1S/C26H19BrClN3O3/c1-2-33-22-9-5-8-21(13-22)31-26(32)20(15-30)10-17-11-23(27)25(24(28)12-17)34-16-19-7-4-3-6-18(19)14-29/h3-13H,2,16H2,1H3,(H,31,32)/b20-10-. The Morgan fingerprint density at radius 3 is 2.62 bits per heavy atom. The van der Waals surface area contributed by atoms with Gasteiger partial charge in [0.1, 0.15) is 24.0 Å². The maximum Gasteiger partial charge on any atom is 0.266 e. The van der Waals surface area contributed by atoms with Crippen LogP contribution in [0.3, 0.4) is 0 Å². The Balaban J connectivity index is 1.77. The highest BCUT2D eigenvalue weighted by molar-refractivity contribution is 9.10. The first-order chi connectivity index (χ1) is 16.4. The average molecular weight is 537 g/mol. The molecule has 3 rings (SSSR count). The molecule has 0 aliphatic heterocycles. The third kappa shape index (κ3) is 6.39. The van der Waals surface area contributed by atoms with Crippen LogP contribution in [0, 0.1) is 22.7 Å². The minimum atomic E-state index is -0.558. The number of hydrogen-bond acceptors (Lipinski definition) is 5. The quantitative estimate of drug-likeness (QED) is 0.262. The topological polar surface area (TPSA) is 95.1 Å². The van der Waals surface area contributed by atoms with E-state index < -0.39 is 5.91 Å². The molecule has 6 nitrogen and oxygen atoms in total. The molecule has 8 heteroatoms. The molecule has 0 spiro atoms. The van der Waals surface area contributed by atoms with Crippen LogP contribution in [0.2, 0.25) is 5.02 Å². The average Bonchev–Trinajstić information content (AvgIpc) is 2.82. The van der Waals surface area contributed by atoms with Crippen LogP contribution in [0.15, 0.2) is 70.7 Å². The molecule has 0 saturated heterocycles. The van der Waals surface area contributed by atoms with Gasteiger partial charge in [0.15, 0.2) is 5.75 Å². The zero-order chi connectivity index (χ0) is 24.5. The van der Waals surface area contributed by atoms with Gasteiger partial charge in [-0.15, -0.1) is 0 Å². The van der Waals surface area contributed by atoms with Crippen molar-refractivity contribution in [3.05, 3.63) is 92.4 Å². The van der Waals surface area contributed by atoms with Crippen molar-refractivity contribution >= 4 is 45.2 Å². The first-order valence-corrected chi connectivity index (χ1v) is 11.4. The number of halogens is 2. The molecule has 0 unspecified atom stereocenters. The molecule has 170 valence electrons. The van der Waals surface area contributed by atoms with E-state index in [4.69, 9.17) is 21.1 Å². The number of rotatable bonds is 8. The number of nitrogens with one attached hydrogen (secondary N) is 1. The predicted octanol–water partition coefficient (Wildman–Crippen LogP) is 6.50. The zero-order valence-electron chi connectivity index (χ0n) is 18.1. The highest BCUT2D eigenvalue weighted by Crippen LogP contribution is 2.36. The number of nitriles is 2. The Morgan fingerprint density at radius 2 is 1.91 bits per heavy atom. The highest BCUT2D eigenvalue weighted by Gasteiger charge is 2.14. The number of benzene rings is 3. The van der Waals surface area contributed by atoms with E-state index in [1.54, 1.807) is 54.6 Å². The normalized spacial score (nSPS) is 10.7. The lowest BCUT2D eigenvalue weighted by molar-refractivity contribution is -0.112. The SMILES string of the molecule is CCOc1cccc(NC(=O)/C(C#N)=C\c2cc(Cl)c(OCc3ccccc3C#N)c(Br)c2)c1. The Labute approximate surface area is 211 Å². The molecule has 0 aliphatic carbocycles. The maximum atomic E-state index is 12.6. The fourth-order valence-corrected chi connectivity index (χ4v) is 4.04. The van der Waals surface area contributed by atoms with E-state index in [1.807, 2.05) is 19.1 Å². The van der Waals surface area contributed by atoms with E-state index in [-0.39, 0.29) is 17.2 Å². The third-order valence-corrected chi connectivity index (χ3v) is 5.48. The summed E-state index contributed by atoms with van der Waals surface area (Å²) in [5, 5.41) is 21.7. The number of carbonyl (C=O) groups is 1. The van der Waals surface area contributed by atoms with Crippen LogP contribution in [0.5, 0.6) is 11.5 Å². The highest BCUT2D eigenvalue weighted by atomic mass is 79.9. The fourth-order valence-electron chi connectivity index (χ4n) is 3.05. The van der Waals surface area contributed by atoms with Crippen LogP contribution in [0.4, 0.5) is 5.69 Å². The number of hydrogen-bond donors (Lipinski definition) is 1. The smallest absolute Gasteiger partial charge is 0.266 e. The molecule has 0 aliphatic rings. The maximum absolute atomic E-state index is 12.6. The summed E-state index contributed by atoms with van der Waals surface area (Å²) in [5.41, 5.74) is 2.20. The molecule has 0 bridgehead atoms. The molecule has 1 N–H and O–H groups in total. The molecule has 0 heterocycles. The van der Waals surface area contributed by atoms with Gasteiger partial charge in [-0.25, -0.2) is 0 Å². The molecule has 3 aromatic carbocycles.